The molecule has 1 aromatic heterocycles. The van der Waals surface area contributed by atoms with Gasteiger partial charge in [-0.1, -0.05) is 6.08 Å². The molecule has 5 heteroatoms. The molecule has 26 heavy (non-hydrogen) atoms. The van der Waals surface area contributed by atoms with Gasteiger partial charge in [0, 0.05) is 23.7 Å². The molecule has 2 bridgehead atoms. The van der Waals surface area contributed by atoms with E-state index in [2.05, 4.69) is 22.5 Å². The van der Waals surface area contributed by atoms with Crippen molar-refractivity contribution in [1.82, 2.24) is 9.88 Å². The Bertz CT molecular complexity index is 822. The second-order valence-electron chi connectivity index (χ2n) is 7.18. The number of carbonyl (C=O) groups is 1. The molecule has 4 heterocycles. The second kappa shape index (κ2) is 7.08. The maximum atomic E-state index is 11.3. The lowest BCUT2D eigenvalue weighted by atomic mass is 9.73. The summed E-state index contributed by atoms with van der Waals surface area (Å²) in [6.07, 6.45) is 5.76. The van der Waals surface area contributed by atoms with Crippen molar-refractivity contribution < 1.29 is 14.3 Å². The van der Waals surface area contributed by atoms with E-state index >= 15 is 0 Å². The van der Waals surface area contributed by atoms with Crippen LogP contribution in [0.15, 0.2) is 43.1 Å². The largest absolute Gasteiger partial charge is 0.497 e. The molecule has 0 radical (unpaired) electrons. The predicted octanol–water partition coefficient (Wildman–Crippen LogP) is 3.35. The van der Waals surface area contributed by atoms with E-state index in [0.717, 1.165) is 41.7 Å². The molecule has 5 rings (SSSR count). The lowest BCUT2D eigenvalue weighted by Crippen LogP contribution is -2.55. The van der Waals surface area contributed by atoms with Gasteiger partial charge in [-0.15, -0.1) is 6.58 Å². The van der Waals surface area contributed by atoms with E-state index in [-0.39, 0.29) is 12.1 Å². The zero-order valence-corrected chi connectivity index (χ0v) is 15.0. The summed E-state index contributed by atoms with van der Waals surface area (Å²) < 4.78 is 11.0. The molecule has 5 atom stereocenters. The molecule has 1 aromatic carbocycles. The number of methoxy groups -OCH3 is 1. The van der Waals surface area contributed by atoms with Gasteiger partial charge in [-0.2, -0.15) is 0 Å². The summed E-state index contributed by atoms with van der Waals surface area (Å²) >= 11 is 0. The van der Waals surface area contributed by atoms with Gasteiger partial charge in [-0.3, -0.25) is 14.7 Å². The normalized spacial score (nSPS) is 28.5. The number of hydrogen-bond donors (Lipinski definition) is 0. The number of hydrogen-bond acceptors (Lipinski definition) is 5. The number of carbonyl (C=O) groups excluding carboxylic acids is 1. The Morgan fingerprint density at radius 3 is 2.96 bits per heavy atom. The Morgan fingerprint density at radius 2 is 2.27 bits per heavy atom. The Balaban J connectivity index is 1.75. The van der Waals surface area contributed by atoms with Crippen LogP contribution in [0.1, 0.15) is 24.5 Å². The van der Waals surface area contributed by atoms with Gasteiger partial charge in [0.15, 0.2) is 0 Å². The summed E-state index contributed by atoms with van der Waals surface area (Å²) in [5.41, 5.74) is 1.87. The van der Waals surface area contributed by atoms with Crippen LogP contribution in [0.25, 0.3) is 10.9 Å². The molecule has 5 nitrogen and oxygen atoms in total. The number of fused-ring (bicyclic) bond motifs is 4. The first-order valence-electron chi connectivity index (χ1n) is 9.13. The van der Waals surface area contributed by atoms with E-state index in [1.165, 1.54) is 6.42 Å². The molecule has 2 aromatic rings. The standard InChI is InChI=1S/C21H24N2O3/c1-3-14-12-23-9-7-15(14)10-20(23)21(26-13-24)17-6-8-22-19-5-4-16(25-2)11-18(17)19/h3-6,8,11,13-15,20-21H,1,7,9-10,12H2,2H3/t14?,15?,20?,21-/m0/s1. The zero-order chi connectivity index (χ0) is 18.1. The molecule has 4 unspecified atom stereocenters. The summed E-state index contributed by atoms with van der Waals surface area (Å²) in [6, 6.07) is 7.96. The van der Waals surface area contributed by atoms with Crippen LogP contribution < -0.4 is 4.74 Å². The van der Waals surface area contributed by atoms with E-state index in [0.29, 0.717) is 18.3 Å². The summed E-state index contributed by atoms with van der Waals surface area (Å²) in [5.74, 6) is 1.92. The highest BCUT2D eigenvalue weighted by Crippen LogP contribution is 2.43. The third-order valence-corrected chi connectivity index (χ3v) is 5.99. The summed E-state index contributed by atoms with van der Waals surface area (Å²) in [4.78, 5) is 18.2. The molecule has 3 fully saturated rings. The first-order valence-corrected chi connectivity index (χ1v) is 9.13. The van der Waals surface area contributed by atoms with Crippen LogP contribution in [0, 0.1) is 11.8 Å². The van der Waals surface area contributed by atoms with Crippen LogP contribution in [0.3, 0.4) is 0 Å². The number of benzene rings is 1. The quantitative estimate of drug-likeness (QED) is 0.589. The number of piperidine rings is 3. The molecule has 3 aliphatic rings. The highest BCUT2D eigenvalue weighted by molar-refractivity contribution is 5.84. The SMILES string of the molecule is C=CC1CN2CCC1CC2[C@@H](OC=O)c1ccnc2ccc(OC)cc12. The number of aromatic nitrogens is 1. The highest BCUT2D eigenvalue weighted by Gasteiger charge is 2.43. The lowest BCUT2D eigenvalue weighted by molar-refractivity contribution is -0.141. The van der Waals surface area contributed by atoms with Crippen LogP contribution in [-0.4, -0.2) is 42.6 Å². The van der Waals surface area contributed by atoms with E-state index in [4.69, 9.17) is 9.47 Å². The molecule has 3 aliphatic heterocycles. The van der Waals surface area contributed by atoms with Crippen molar-refractivity contribution in [2.45, 2.75) is 25.0 Å². The molecule has 3 saturated heterocycles. The Hall–Kier alpha value is -2.40. The minimum atomic E-state index is -0.307. The monoisotopic (exact) mass is 352 g/mol. The Morgan fingerprint density at radius 1 is 1.38 bits per heavy atom. The number of pyridine rings is 1. The molecule has 0 N–H and O–H groups in total. The number of ether oxygens (including phenoxy) is 2. The third-order valence-electron chi connectivity index (χ3n) is 5.99. The lowest BCUT2D eigenvalue weighted by Gasteiger charge is -2.51. The fourth-order valence-corrected chi connectivity index (χ4v) is 4.64. The summed E-state index contributed by atoms with van der Waals surface area (Å²) in [7, 11) is 1.65. The first-order chi connectivity index (χ1) is 12.7. The van der Waals surface area contributed by atoms with E-state index in [1.807, 2.05) is 24.3 Å². The Labute approximate surface area is 153 Å². The molecule has 0 amide bonds. The van der Waals surface area contributed by atoms with Crippen LogP contribution in [0.2, 0.25) is 0 Å². The minimum absolute atomic E-state index is 0.187. The average Bonchev–Trinajstić information content (AvgIpc) is 2.71. The first kappa shape index (κ1) is 17.0. The topological polar surface area (TPSA) is 51.7 Å². The summed E-state index contributed by atoms with van der Waals surface area (Å²) in [6.45, 7) is 6.60. The van der Waals surface area contributed by atoms with Gasteiger partial charge in [0.25, 0.3) is 6.47 Å². The van der Waals surface area contributed by atoms with Gasteiger partial charge >= 0.3 is 0 Å². The maximum absolute atomic E-state index is 11.3. The highest BCUT2D eigenvalue weighted by atomic mass is 16.5. The van der Waals surface area contributed by atoms with Gasteiger partial charge < -0.3 is 9.47 Å². The van der Waals surface area contributed by atoms with Crippen molar-refractivity contribution in [2.24, 2.45) is 11.8 Å². The van der Waals surface area contributed by atoms with Crippen LogP contribution in [0.5, 0.6) is 5.75 Å². The van der Waals surface area contributed by atoms with Crippen molar-refractivity contribution in [3.63, 3.8) is 0 Å². The molecule has 136 valence electrons. The van der Waals surface area contributed by atoms with Crippen LogP contribution >= 0.6 is 0 Å². The summed E-state index contributed by atoms with van der Waals surface area (Å²) in [5, 5.41) is 0.974. The average molecular weight is 352 g/mol. The van der Waals surface area contributed by atoms with Gasteiger partial charge in [0.1, 0.15) is 11.9 Å². The second-order valence-corrected chi connectivity index (χ2v) is 7.18. The molecular weight excluding hydrogens is 328 g/mol. The van der Waals surface area contributed by atoms with Gasteiger partial charge in [0.05, 0.1) is 18.7 Å². The van der Waals surface area contributed by atoms with Crippen molar-refractivity contribution >= 4 is 17.4 Å². The maximum Gasteiger partial charge on any atom is 0.293 e. The number of nitrogens with zero attached hydrogens (tertiary/aromatic N) is 2. The van der Waals surface area contributed by atoms with E-state index in [9.17, 15) is 4.79 Å². The molecule has 0 aliphatic carbocycles. The van der Waals surface area contributed by atoms with Gasteiger partial charge in [-0.25, -0.2) is 0 Å². The van der Waals surface area contributed by atoms with Crippen molar-refractivity contribution in [3.8, 4) is 5.75 Å². The molecule has 0 spiro atoms. The fraction of sp³-hybridized carbons (Fsp3) is 0.429. The van der Waals surface area contributed by atoms with Gasteiger partial charge in [-0.05, 0) is 55.5 Å². The zero-order valence-electron chi connectivity index (χ0n) is 15.0. The van der Waals surface area contributed by atoms with Crippen molar-refractivity contribution in [2.75, 3.05) is 20.2 Å². The number of rotatable bonds is 6. The van der Waals surface area contributed by atoms with Gasteiger partial charge in [0.2, 0.25) is 0 Å². The fourth-order valence-electron chi connectivity index (χ4n) is 4.64. The molecular formula is C21H24N2O3. The van der Waals surface area contributed by atoms with E-state index in [1.54, 1.807) is 13.3 Å². The van der Waals surface area contributed by atoms with E-state index < -0.39 is 0 Å². The van der Waals surface area contributed by atoms with Crippen molar-refractivity contribution in [1.29, 1.82) is 0 Å². The smallest absolute Gasteiger partial charge is 0.293 e. The van der Waals surface area contributed by atoms with Crippen LogP contribution in [-0.2, 0) is 9.53 Å². The molecule has 0 saturated carbocycles. The predicted molar refractivity (Wildman–Crippen MR) is 100.0 cm³/mol. The Kier molecular flexibility index (Phi) is 4.64. The van der Waals surface area contributed by atoms with Crippen LogP contribution in [0.4, 0.5) is 0 Å². The van der Waals surface area contributed by atoms with Crippen molar-refractivity contribution in [3.05, 3.63) is 48.7 Å². The third kappa shape index (κ3) is 2.86. The minimum Gasteiger partial charge on any atom is -0.497 e.